The fourth-order valence-electron chi connectivity index (χ4n) is 1.62. The van der Waals surface area contributed by atoms with Gasteiger partial charge in [0.15, 0.2) is 0 Å². The third-order valence-electron chi connectivity index (χ3n) is 2.61. The number of benzene rings is 1. The molecular weight excluding hydrogens is 219 g/mol. The van der Waals surface area contributed by atoms with Crippen LogP contribution in [0, 0.1) is 6.92 Å². The highest BCUT2D eigenvalue weighted by Gasteiger charge is 2.35. The van der Waals surface area contributed by atoms with Crippen LogP contribution in [0.2, 0.25) is 5.02 Å². The molecule has 0 amide bonds. The summed E-state index contributed by atoms with van der Waals surface area (Å²) in [5.74, 6) is 0. The molecule has 1 aliphatic heterocycles. The van der Waals surface area contributed by atoms with Crippen LogP contribution in [0.1, 0.15) is 11.1 Å². The lowest BCUT2D eigenvalue weighted by Crippen LogP contribution is -2.62. The average molecular weight is 233 g/mol. The van der Waals surface area contributed by atoms with Gasteiger partial charge >= 0.3 is 0 Å². The van der Waals surface area contributed by atoms with Crippen LogP contribution in [-0.2, 0) is 5.54 Å². The molecule has 1 aromatic rings. The molecule has 1 heterocycles. The predicted molar refractivity (Wildman–Crippen MR) is 62.2 cm³/mol. The first-order chi connectivity index (χ1) is 6.13. The number of rotatable bonds is 1. The van der Waals surface area contributed by atoms with Gasteiger partial charge in [0.2, 0.25) is 0 Å². The van der Waals surface area contributed by atoms with E-state index in [1.807, 2.05) is 25.1 Å². The summed E-state index contributed by atoms with van der Waals surface area (Å²) in [6, 6.07) is 6.01. The van der Waals surface area contributed by atoms with E-state index in [1.165, 1.54) is 0 Å². The molecule has 3 N–H and O–H groups in total. The summed E-state index contributed by atoms with van der Waals surface area (Å²) in [5, 5.41) is 3.97. The molecule has 0 spiro atoms. The highest BCUT2D eigenvalue weighted by atomic mass is 35.5. The Morgan fingerprint density at radius 2 is 2.07 bits per heavy atom. The first kappa shape index (κ1) is 11.8. The van der Waals surface area contributed by atoms with Crippen molar-refractivity contribution in [3.05, 3.63) is 34.3 Å². The van der Waals surface area contributed by atoms with Crippen molar-refractivity contribution in [3.63, 3.8) is 0 Å². The van der Waals surface area contributed by atoms with E-state index in [-0.39, 0.29) is 17.9 Å². The Morgan fingerprint density at radius 3 is 2.57 bits per heavy atom. The van der Waals surface area contributed by atoms with Gasteiger partial charge < -0.3 is 11.1 Å². The van der Waals surface area contributed by atoms with E-state index in [0.717, 1.165) is 29.2 Å². The van der Waals surface area contributed by atoms with E-state index in [0.29, 0.717) is 0 Å². The van der Waals surface area contributed by atoms with E-state index in [2.05, 4.69) is 5.32 Å². The molecule has 1 aliphatic rings. The summed E-state index contributed by atoms with van der Waals surface area (Å²) in [6.07, 6.45) is 0. The van der Waals surface area contributed by atoms with E-state index in [9.17, 15) is 0 Å². The van der Waals surface area contributed by atoms with Gasteiger partial charge in [0, 0.05) is 18.1 Å². The van der Waals surface area contributed by atoms with Gasteiger partial charge in [-0.3, -0.25) is 0 Å². The standard InChI is InChI=1S/C10H13ClN2.ClH/c1-7-3-2-4-8(9(7)11)10(12)5-13-6-10;/h2-4,13H,5-6,12H2,1H3;1H. The zero-order valence-corrected chi connectivity index (χ0v) is 9.58. The summed E-state index contributed by atoms with van der Waals surface area (Å²) in [6.45, 7) is 3.63. The van der Waals surface area contributed by atoms with Crippen molar-refractivity contribution < 1.29 is 0 Å². The van der Waals surface area contributed by atoms with E-state index < -0.39 is 0 Å². The maximum atomic E-state index is 6.18. The molecule has 1 fully saturated rings. The fourth-order valence-corrected chi connectivity index (χ4v) is 1.93. The normalized spacial score (nSPS) is 18.2. The van der Waals surface area contributed by atoms with Crippen LogP contribution in [-0.4, -0.2) is 13.1 Å². The molecule has 0 aliphatic carbocycles. The van der Waals surface area contributed by atoms with E-state index in [1.54, 1.807) is 0 Å². The Hall–Kier alpha value is -0.280. The van der Waals surface area contributed by atoms with Crippen molar-refractivity contribution in [2.24, 2.45) is 5.73 Å². The van der Waals surface area contributed by atoms with Gasteiger partial charge in [0.1, 0.15) is 0 Å². The van der Waals surface area contributed by atoms with E-state index >= 15 is 0 Å². The van der Waals surface area contributed by atoms with Crippen molar-refractivity contribution in [2.75, 3.05) is 13.1 Å². The Labute approximate surface area is 95.2 Å². The van der Waals surface area contributed by atoms with Crippen molar-refractivity contribution in [1.29, 1.82) is 0 Å². The SMILES string of the molecule is Cc1cccc(C2(N)CNC2)c1Cl.Cl. The van der Waals surface area contributed by atoms with Crippen LogP contribution < -0.4 is 11.1 Å². The second-order valence-corrected chi connectivity index (χ2v) is 4.07. The number of nitrogens with two attached hydrogens (primary N) is 1. The third kappa shape index (κ3) is 1.75. The molecule has 0 radical (unpaired) electrons. The molecule has 0 saturated carbocycles. The average Bonchev–Trinajstić information content (AvgIpc) is 2.06. The maximum Gasteiger partial charge on any atom is 0.0677 e. The van der Waals surface area contributed by atoms with Gasteiger partial charge in [0.25, 0.3) is 0 Å². The minimum absolute atomic E-state index is 0. The van der Waals surface area contributed by atoms with Crippen LogP contribution >= 0.6 is 24.0 Å². The zero-order valence-electron chi connectivity index (χ0n) is 8.01. The van der Waals surface area contributed by atoms with Crippen LogP contribution in [0.3, 0.4) is 0 Å². The smallest absolute Gasteiger partial charge is 0.0677 e. The number of nitrogens with one attached hydrogen (secondary N) is 1. The molecule has 2 nitrogen and oxygen atoms in total. The Morgan fingerprint density at radius 1 is 1.43 bits per heavy atom. The fraction of sp³-hybridized carbons (Fsp3) is 0.400. The minimum Gasteiger partial charge on any atom is -0.319 e. The molecule has 1 aromatic carbocycles. The number of hydrogen-bond donors (Lipinski definition) is 2. The van der Waals surface area contributed by atoms with Crippen LogP contribution in [0.25, 0.3) is 0 Å². The lowest BCUT2D eigenvalue weighted by molar-refractivity contribution is 0.287. The topological polar surface area (TPSA) is 38.0 Å². The van der Waals surface area contributed by atoms with Gasteiger partial charge in [-0.2, -0.15) is 0 Å². The molecule has 14 heavy (non-hydrogen) atoms. The molecule has 0 unspecified atom stereocenters. The Kier molecular flexibility index (Phi) is 3.43. The lowest BCUT2D eigenvalue weighted by Gasteiger charge is -2.40. The predicted octanol–water partition coefficient (Wildman–Crippen LogP) is 1.83. The molecular formula is C10H14Cl2N2. The molecule has 1 saturated heterocycles. The van der Waals surface area contributed by atoms with Crippen molar-refractivity contribution in [3.8, 4) is 0 Å². The molecule has 0 bridgehead atoms. The Balaban J connectivity index is 0.000000980. The number of hydrogen-bond acceptors (Lipinski definition) is 2. The van der Waals surface area contributed by atoms with Crippen molar-refractivity contribution in [1.82, 2.24) is 5.32 Å². The second-order valence-electron chi connectivity index (χ2n) is 3.70. The first-order valence-corrected chi connectivity index (χ1v) is 4.76. The van der Waals surface area contributed by atoms with Crippen LogP contribution in [0.4, 0.5) is 0 Å². The Bertz CT molecular complexity index is 335. The summed E-state index contributed by atoms with van der Waals surface area (Å²) < 4.78 is 0. The summed E-state index contributed by atoms with van der Waals surface area (Å²) in [4.78, 5) is 0. The number of halogens is 2. The first-order valence-electron chi connectivity index (χ1n) is 4.39. The highest BCUT2D eigenvalue weighted by Crippen LogP contribution is 2.31. The van der Waals surface area contributed by atoms with E-state index in [4.69, 9.17) is 17.3 Å². The van der Waals surface area contributed by atoms with Gasteiger partial charge in [-0.1, -0.05) is 29.8 Å². The van der Waals surface area contributed by atoms with Gasteiger partial charge in [-0.15, -0.1) is 12.4 Å². The summed E-state index contributed by atoms with van der Waals surface area (Å²) >= 11 is 6.18. The minimum atomic E-state index is -0.247. The summed E-state index contributed by atoms with van der Waals surface area (Å²) in [5.41, 5.74) is 8.06. The monoisotopic (exact) mass is 232 g/mol. The largest absolute Gasteiger partial charge is 0.319 e. The molecule has 0 aromatic heterocycles. The molecule has 4 heteroatoms. The van der Waals surface area contributed by atoms with Crippen LogP contribution in [0.5, 0.6) is 0 Å². The second kappa shape index (κ2) is 4.07. The van der Waals surface area contributed by atoms with Gasteiger partial charge in [0.05, 0.1) is 5.54 Å². The number of aryl methyl sites for hydroxylation is 1. The molecule has 78 valence electrons. The van der Waals surface area contributed by atoms with Crippen molar-refractivity contribution in [2.45, 2.75) is 12.5 Å². The highest BCUT2D eigenvalue weighted by molar-refractivity contribution is 6.32. The molecule has 2 rings (SSSR count). The lowest BCUT2D eigenvalue weighted by atomic mass is 9.85. The van der Waals surface area contributed by atoms with Crippen LogP contribution in [0.15, 0.2) is 18.2 Å². The quantitative estimate of drug-likeness (QED) is 0.776. The zero-order chi connectivity index (χ0) is 9.47. The maximum absolute atomic E-state index is 6.18. The van der Waals surface area contributed by atoms with Crippen molar-refractivity contribution >= 4 is 24.0 Å². The van der Waals surface area contributed by atoms with Gasteiger partial charge in [-0.05, 0) is 18.1 Å². The third-order valence-corrected chi connectivity index (χ3v) is 3.11. The van der Waals surface area contributed by atoms with Gasteiger partial charge in [-0.25, -0.2) is 0 Å². The summed E-state index contributed by atoms with van der Waals surface area (Å²) in [7, 11) is 0. The molecule has 0 atom stereocenters.